The Balaban J connectivity index is 2.27. The van der Waals surface area contributed by atoms with Gasteiger partial charge in [0, 0.05) is 17.6 Å². The fourth-order valence-corrected chi connectivity index (χ4v) is 1.95. The average molecular weight is 269 g/mol. The van der Waals surface area contributed by atoms with E-state index in [1.807, 2.05) is 24.3 Å². The van der Waals surface area contributed by atoms with Crippen LogP contribution in [0.3, 0.4) is 0 Å². The molecule has 100 valence electrons. The summed E-state index contributed by atoms with van der Waals surface area (Å²) in [7, 11) is 0. The molecule has 0 heterocycles. The Morgan fingerprint density at radius 1 is 1.33 bits per heavy atom. The molecule has 0 aliphatic rings. The third-order valence-corrected chi connectivity index (χ3v) is 3.09. The van der Waals surface area contributed by atoms with Crippen molar-refractivity contribution in [2.24, 2.45) is 0 Å². The minimum absolute atomic E-state index is 0.0470. The van der Waals surface area contributed by atoms with Crippen LogP contribution < -0.4 is 10.6 Å². The molecule has 0 atom stereocenters. The molecule has 1 aromatic carbocycles. The summed E-state index contributed by atoms with van der Waals surface area (Å²) in [5, 5.41) is 6.82. The molecule has 1 rings (SSSR count). The molecule has 1 aromatic rings. The molecule has 0 spiro atoms. The molecule has 0 fully saturated rings. The molecule has 18 heavy (non-hydrogen) atoms. The van der Waals surface area contributed by atoms with Gasteiger partial charge in [-0.25, -0.2) is 0 Å². The first-order chi connectivity index (χ1) is 8.65. The first-order valence-electron chi connectivity index (χ1n) is 6.40. The second-order valence-electron chi connectivity index (χ2n) is 4.31. The lowest BCUT2D eigenvalue weighted by molar-refractivity contribution is -0.121. The second-order valence-corrected chi connectivity index (χ2v) is 4.75. The number of nitrogens with one attached hydrogen (secondary N) is 2. The fraction of sp³-hybridized carbons (Fsp3) is 0.500. The average Bonchev–Trinajstić information content (AvgIpc) is 2.36. The van der Waals surface area contributed by atoms with Crippen molar-refractivity contribution in [3.05, 3.63) is 34.9 Å². The van der Waals surface area contributed by atoms with E-state index in [4.69, 9.17) is 11.6 Å². The fourth-order valence-electron chi connectivity index (χ4n) is 1.74. The van der Waals surface area contributed by atoms with Gasteiger partial charge in [0.1, 0.15) is 0 Å². The van der Waals surface area contributed by atoms with Gasteiger partial charge in [0.2, 0.25) is 5.91 Å². The third kappa shape index (κ3) is 5.52. The van der Waals surface area contributed by atoms with Crippen LogP contribution >= 0.6 is 11.6 Å². The maximum atomic E-state index is 11.6. The Bertz CT molecular complexity index is 378. The quantitative estimate of drug-likeness (QED) is 0.798. The molecule has 0 radical (unpaired) electrons. The lowest BCUT2D eigenvalue weighted by atomic mass is 10.2. The predicted molar refractivity (Wildman–Crippen MR) is 75.7 cm³/mol. The van der Waals surface area contributed by atoms with Crippen LogP contribution in [0.1, 0.15) is 32.3 Å². The lowest BCUT2D eigenvalue weighted by Crippen LogP contribution is -2.39. The zero-order valence-electron chi connectivity index (χ0n) is 11.0. The van der Waals surface area contributed by atoms with Gasteiger partial charge < -0.3 is 10.6 Å². The van der Waals surface area contributed by atoms with Crippen molar-refractivity contribution in [1.29, 1.82) is 0 Å². The SMILES string of the molecule is CCC(CC)NC(=O)CNCc1cccc(Cl)c1. The number of benzene rings is 1. The number of halogens is 1. The molecule has 0 aliphatic heterocycles. The van der Waals surface area contributed by atoms with Crippen LogP contribution in [-0.4, -0.2) is 18.5 Å². The van der Waals surface area contributed by atoms with E-state index >= 15 is 0 Å². The van der Waals surface area contributed by atoms with Crippen molar-refractivity contribution < 1.29 is 4.79 Å². The Labute approximate surface area is 114 Å². The van der Waals surface area contributed by atoms with Gasteiger partial charge in [0.05, 0.1) is 6.54 Å². The predicted octanol–water partition coefficient (Wildman–Crippen LogP) is 2.73. The van der Waals surface area contributed by atoms with Gasteiger partial charge in [-0.3, -0.25) is 4.79 Å². The van der Waals surface area contributed by atoms with Crippen LogP contribution in [-0.2, 0) is 11.3 Å². The Hall–Kier alpha value is -1.06. The minimum Gasteiger partial charge on any atom is -0.352 e. The van der Waals surface area contributed by atoms with E-state index in [0.29, 0.717) is 13.1 Å². The number of amides is 1. The van der Waals surface area contributed by atoms with Gasteiger partial charge in [-0.15, -0.1) is 0 Å². The molecule has 0 unspecified atom stereocenters. The van der Waals surface area contributed by atoms with Crippen LogP contribution in [0.4, 0.5) is 0 Å². The molecular weight excluding hydrogens is 248 g/mol. The maximum absolute atomic E-state index is 11.6. The first kappa shape index (κ1) is 15.0. The lowest BCUT2D eigenvalue weighted by Gasteiger charge is -2.14. The molecule has 1 amide bonds. The van der Waals surface area contributed by atoms with E-state index in [9.17, 15) is 4.79 Å². The molecule has 0 bridgehead atoms. The highest BCUT2D eigenvalue weighted by Gasteiger charge is 2.07. The van der Waals surface area contributed by atoms with Crippen LogP contribution in [0.15, 0.2) is 24.3 Å². The van der Waals surface area contributed by atoms with Crippen LogP contribution in [0.5, 0.6) is 0 Å². The topological polar surface area (TPSA) is 41.1 Å². The summed E-state index contributed by atoms with van der Waals surface area (Å²) < 4.78 is 0. The van der Waals surface area contributed by atoms with Crippen molar-refractivity contribution in [2.45, 2.75) is 39.3 Å². The van der Waals surface area contributed by atoms with Gasteiger partial charge >= 0.3 is 0 Å². The molecule has 0 saturated heterocycles. The largest absolute Gasteiger partial charge is 0.352 e. The van der Waals surface area contributed by atoms with E-state index in [1.165, 1.54) is 0 Å². The Kier molecular flexibility index (Phi) is 6.76. The highest BCUT2D eigenvalue weighted by atomic mass is 35.5. The molecule has 0 aromatic heterocycles. The Morgan fingerprint density at radius 3 is 2.67 bits per heavy atom. The van der Waals surface area contributed by atoms with E-state index in [2.05, 4.69) is 24.5 Å². The van der Waals surface area contributed by atoms with Gasteiger partial charge in [0.25, 0.3) is 0 Å². The Morgan fingerprint density at radius 2 is 2.06 bits per heavy atom. The van der Waals surface area contributed by atoms with Crippen molar-refractivity contribution in [3.8, 4) is 0 Å². The highest BCUT2D eigenvalue weighted by molar-refractivity contribution is 6.30. The maximum Gasteiger partial charge on any atom is 0.234 e. The molecule has 0 saturated carbocycles. The molecule has 3 nitrogen and oxygen atoms in total. The van der Waals surface area contributed by atoms with E-state index in [0.717, 1.165) is 23.4 Å². The summed E-state index contributed by atoms with van der Waals surface area (Å²) in [6, 6.07) is 7.91. The molecule has 2 N–H and O–H groups in total. The normalized spacial score (nSPS) is 10.7. The first-order valence-corrected chi connectivity index (χ1v) is 6.78. The summed E-state index contributed by atoms with van der Waals surface area (Å²) in [4.78, 5) is 11.6. The summed E-state index contributed by atoms with van der Waals surface area (Å²) in [6.07, 6.45) is 1.94. The van der Waals surface area contributed by atoms with Gasteiger partial charge in [-0.1, -0.05) is 37.6 Å². The zero-order chi connectivity index (χ0) is 13.4. The van der Waals surface area contributed by atoms with Gasteiger partial charge in [0.15, 0.2) is 0 Å². The van der Waals surface area contributed by atoms with E-state index in [-0.39, 0.29) is 11.9 Å². The van der Waals surface area contributed by atoms with Crippen molar-refractivity contribution in [2.75, 3.05) is 6.54 Å². The molecule has 0 aliphatic carbocycles. The number of carbonyl (C=O) groups is 1. The monoisotopic (exact) mass is 268 g/mol. The van der Waals surface area contributed by atoms with Crippen molar-refractivity contribution >= 4 is 17.5 Å². The van der Waals surface area contributed by atoms with Crippen LogP contribution in [0.25, 0.3) is 0 Å². The smallest absolute Gasteiger partial charge is 0.234 e. The zero-order valence-corrected chi connectivity index (χ0v) is 11.8. The number of hydrogen-bond donors (Lipinski definition) is 2. The highest BCUT2D eigenvalue weighted by Crippen LogP contribution is 2.09. The molecular formula is C14H21ClN2O. The van der Waals surface area contributed by atoms with E-state index < -0.39 is 0 Å². The summed E-state index contributed by atoms with van der Waals surface area (Å²) in [5.41, 5.74) is 1.08. The third-order valence-electron chi connectivity index (χ3n) is 2.85. The van der Waals surface area contributed by atoms with Crippen molar-refractivity contribution in [1.82, 2.24) is 10.6 Å². The van der Waals surface area contributed by atoms with Crippen LogP contribution in [0, 0.1) is 0 Å². The number of rotatable bonds is 7. The summed E-state index contributed by atoms with van der Waals surface area (Å²) in [5.74, 6) is 0.0470. The summed E-state index contributed by atoms with van der Waals surface area (Å²) >= 11 is 5.89. The second kappa shape index (κ2) is 8.11. The minimum atomic E-state index is 0.0470. The summed E-state index contributed by atoms with van der Waals surface area (Å²) in [6.45, 7) is 5.14. The molecule has 4 heteroatoms. The van der Waals surface area contributed by atoms with Gasteiger partial charge in [-0.05, 0) is 30.5 Å². The number of carbonyl (C=O) groups excluding carboxylic acids is 1. The van der Waals surface area contributed by atoms with Crippen LogP contribution in [0.2, 0.25) is 5.02 Å². The van der Waals surface area contributed by atoms with Crippen molar-refractivity contribution in [3.63, 3.8) is 0 Å². The standard InChI is InChI=1S/C14H21ClN2O/c1-3-13(4-2)17-14(18)10-16-9-11-6-5-7-12(15)8-11/h5-8,13,16H,3-4,9-10H2,1-2H3,(H,17,18). The van der Waals surface area contributed by atoms with E-state index in [1.54, 1.807) is 0 Å². The van der Waals surface area contributed by atoms with Gasteiger partial charge in [-0.2, -0.15) is 0 Å². The number of hydrogen-bond acceptors (Lipinski definition) is 2.